The summed E-state index contributed by atoms with van der Waals surface area (Å²) < 4.78 is 0.608. The van der Waals surface area contributed by atoms with E-state index < -0.39 is 0 Å². The van der Waals surface area contributed by atoms with Crippen molar-refractivity contribution < 1.29 is 14.6 Å². The molecule has 0 aromatic carbocycles. The van der Waals surface area contributed by atoms with Gasteiger partial charge in [0.25, 0.3) is 5.69 Å². The summed E-state index contributed by atoms with van der Waals surface area (Å²) in [6.07, 6.45) is 2.23. The number of carbonyl (C=O) groups is 1. The molecule has 6 heteroatoms. The molecule has 0 bridgehead atoms. The third-order valence-corrected chi connectivity index (χ3v) is 3.84. The molecule has 1 aliphatic heterocycles. The molecule has 1 aliphatic rings. The molecular weight excluding hydrogens is 258 g/mol. The molecule has 0 spiro atoms. The minimum absolute atomic E-state index is 0.143. The largest absolute Gasteiger partial charge is 0.618 e. The molecule has 1 N–H and O–H groups in total. The van der Waals surface area contributed by atoms with Gasteiger partial charge in [-0.25, -0.2) is 0 Å². The van der Waals surface area contributed by atoms with Gasteiger partial charge in [-0.15, -0.1) is 0 Å². The Hall–Kier alpha value is -1.66. The van der Waals surface area contributed by atoms with Gasteiger partial charge in [-0.3, -0.25) is 9.69 Å². The van der Waals surface area contributed by atoms with Gasteiger partial charge in [0.2, 0.25) is 0 Å². The third-order valence-electron chi connectivity index (χ3n) is 3.84. The molecule has 20 heavy (non-hydrogen) atoms. The lowest BCUT2D eigenvalue weighted by Gasteiger charge is -2.38. The van der Waals surface area contributed by atoms with Crippen LogP contribution in [0.15, 0.2) is 24.4 Å². The predicted molar refractivity (Wildman–Crippen MR) is 74.0 cm³/mol. The van der Waals surface area contributed by atoms with Gasteiger partial charge >= 0.3 is 5.91 Å². The van der Waals surface area contributed by atoms with E-state index in [1.54, 1.807) is 23.1 Å². The highest BCUT2D eigenvalue weighted by Gasteiger charge is 2.28. The van der Waals surface area contributed by atoms with Crippen LogP contribution in [0, 0.1) is 5.21 Å². The van der Waals surface area contributed by atoms with Crippen LogP contribution < -0.4 is 4.73 Å². The second-order valence-electron chi connectivity index (χ2n) is 4.98. The van der Waals surface area contributed by atoms with Crippen LogP contribution in [0.2, 0.25) is 0 Å². The molecule has 1 amide bonds. The molecule has 1 aromatic rings. The van der Waals surface area contributed by atoms with E-state index >= 15 is 0 Å². The van der Waals surface area contributed by atoms with Gasteiger partial charge in [0.1, 0.15) is 0 Å². The monoisotopic (exact) mass is 279 g/mol. The Morgan fingerprint density at radius 2 is 2.10 bits per heavy atom. The van der Waals surface area contributed by atoms with Crippen molar-refractivity contribution in [3.8, 4) is 0 Å². The lowest BCUT2D eigenvalue weighted by molar-refractivity contribution is -0.608. The van der Waals surface area contributed by atoms with Crippen LogP contribution in [0.5, 0.6) is 0 Å². The van der Waals surface area contributed by atoms with E-state index in [2.05, 4.69) is 4.90 Å². The first-order valence-electron chi connectivity index (χ1n) is 6.99. The Morgan fingerprint density at radius 1 is 1.40 bits per heavy atom. The number of hydrogen-bond donors (Lipinski definition) is 1. The van der Waals surface area contributed by atoms with Gasteiger partial charge in [-0.05, 0) is 12.5 Å². The average Bonchev–Trinajstić information content (AvgIpc) is 2.49. The smallest absolute Gasteiger partial charge is 0.320 e. The Morgan fingerprint density at radius 3 is 2.65 bits per heavy atom. The van der Waals surface area contributed by atoms with E-state index in [9.17, 15) is 15.1 Å². The van der Waals surface area contributed by atoms with Crippen LogP contribution in [-0.4, -0.2) is 59.6 Å². The van der Waals surface area contributed by atoms with Crippen molar-refractivity contribution in [1.82, 2.24) is 9.80 Å². The lowest BCUT2D eigenvalue weighted by atomic mass is 10.1. The normalized spacial score (nSPS) is 18.0. The number of rotatable bonds is 4. The quantitative estimate of drug-likeness (QED) is 0.614. The summed E-state index contributed by atoms with van der Waals surface area (Å²) in [6, 6.07) is 5.00. The number of aliphatic hydroxyl groups excluding tert-OH is 1. The highest BCUT2D eigenvalue weighted by Crippen LogP contribution is 2.10. The molecular formula is C14H21N3O3. The fourth-order valence-corrected chi connectivity index (χ4v) is 2.55. The standard InChI is InChI=1S/C14H21N3O3/c1-2-12(11-18)15-7-9-16(10-8-15)14(19)13-5-3-4-6-17(13)20/h3-6,12,18H,2,7-11H2,1H3. The van der Waals surface area contributed by atoms with Crippen LogP contribution >= 0.6 is 0 Å². The average molecular weight is 279 g/mol. The maximum absolute atomic E-state index is 12.3. The van der Waals surface area contributed by atoms with Gasteiger partial charge in [0.15, 0.2) is 6.20 Å². The van der Waals surface area contributed by atoms with Gasteiger partial charge in [0.05, 0.1) is 6.61 Å². The summed E-state index contributed by atoms with van der Waals surface area (Å²) in [5.41, 5.74) is 0.162. The zero-order valence-corrected chi connectivity index (χ0v) is 11.7. The number of pyridine rings is 1. The fourth-order valence-electron chi connectivity index (χ4n) is 2.55. The number of hydrogen-bond acceptors (Lipinski definition) is 4. The van der Waals surface area contributed by atoms with Crippen molar-refractivity contribution in [2.45, 2.75) is 19.4 Å². The highest BCUT2D eigenvalue weighted by molar-refractivity contribution is 5.91. The van der Waals surface area contributed by atoms with E-state index in [1.807, 2.05) is 6.92 Å². The Kier molecular flexibility index (Phi) is 4.92. The van der Waals surface area contributed by atoms with Crippen LogP contribution in [0.25, 0.3) is 0 Å². The minimum Gasteiger partial charge on any atom is -0.618 e. The molecule has 0 saturated carbocycles. The maximum atomic E-state index is 12.3. The SMILES string of the molecule is CCC(CO)N1CCN(C(=O)c2cccc[n+]2[O-])CC1. The van der Waals surface area contributed by atoms with E-state index in [4.69, 9.17) is 0 Å². The summed E-state index contributed by atoms with van der Waals surface area (Å²) in [7, 11) is 0. The van der Waals surface area contributed by atoms with Crippen molar-refractivity contribution in [1.29, 1.82) is 0 Å². The maximum Gasteiger partial charge on any atom is 0.320 e. The van der Waals surface area contributed by atoms with Crippen LogP contribution in [0.3, 0.4) is 0 Å². The topological polar surface area (TPSA) is 70.7 Å². The summed E-state index contributed by atoms with van der Waals surface area (Å²) in [4.78, 5) is 16.2. The number of nitrogens with zero attached hydrogens (tertiary/aromatic N) is 3. The molecule has 1 fully saturated rings. The number of carbonyl (C=O) groups excluding carboxylic acids is 1. The zero-order valence-electron chi connectivity index (χ0n) is 11.7. The Bertz CT molecular complexity index is 455. The van der Waals surface area contributed by atoms with Crippen molar-refractivity contribution in [2.24, 2.45) is 0 Å². The molecule has 0 radical (unpaired) electrons. The second-order valence-corrected chi connectivity index (χ2v) is 4.98. The van der Waals surface area contributed by atoms with Gasteiger partial charge in [-0.2, -0.15) is 4.73 Å². The molecule has 2 heterocycles. The summed E-state index contributed by atoms with van der Waals surface area (Å²) in [6.45, 7) is 4.83. The van der Waals surface area contributed by atoms with Crippen LogP contribution in [-0.2, 0) is 0 Å². The zero-order chi connectivity index (χ0) is 14.5. The number of amides is 1. The molecule has 6 nitrogen and oxygen atoms in total. The van der Waals surface area contributed by atoms with E-state index in [0.717, 1.165) is 19.5 Å². The highest BCUT2D eigenvalue weighted by atomic mass is 16.5. The molecule has 1 atom stereocenters. The van der Waals surface area contributed by atoms with Crippen molar-refractivity contribution in [3.63, 3.8) is 0 Å². The minimum atomic E-state index is -0.225. The van der Waals surface area contributed by atoms with Crippen molar-refractivity contribution in [2.75, 3.05) is 32.8 Å². The second kappa shape index (κ2) is 6.67. The van der Waals surface area contributed by atoms with Crippen LogP contribution in [0.1, 0.15) is 23.8 Å². The molecule has 0 aliphatic carbocycles. The van der Waals surface area contributed by atoms with Crippen molar-refractivity contribution in [3.05, 3.63) is 35.3 Å². The third kappa shape index (κ3) is 3.08. The van der Waals surface area contributed by atoms with E-state index in [0.29, 0.717) is 17.8 Å². The van der Waals surface area contributed by atoms with E-state index in [-0.39, 0.29) is 24.2 Å². The Labute approximate surface area is 118 Å². The van der Waals surface area contributed by atoms with Gasteiger partial charge in [-0.1, -0.05) is 6.92 Å². The first-order chi connectivity index (χ1) is 9.67. The number of piperazine rings is 1. The van der Waals surface area contributed by atoms with E-state index in [1.165, 1.54) is 6.20 Å². The van der Waals surface area contributed by atoms with Crippen LogP contribution in [0.4, 0.5) is 0 Å². The van der Waals surface area contributed by atoms with Crippen molar-refractivity contribution >= 4 is 5.91 Å². The molecule has 110 valence electrons. The molecule has 1 aromatic heterocycles. The molecule has 1 saturated heterocycles. The summed E-state index contributed by atoms with van der Waals surface area (Å²) in [5.74, 6) is -0.225. The number of aromatic nitrogens is 1. The lowest BCUT2D eigenvalue weighted by Crippen LogP contribution is -2.54. The summed E-state index contributed by atoms with van der Waals surface area (Å²) in [5, 5.41) is 20.9. The first-order valence-corrected chi connectivity index (χ1v) is 6.99. The fraction of sp³-hybridized carbons (Fsp3) is 0.571. The summed E-state index contributed by atoms with van der Waals surface area (Å²) >= 11 is 0. The Balaban J connectivity index is 1.97. The first kappa shape index (κ1) is 14.7. The predicted octanol–water partition coefficient (Wildman–Crippen LogP) is -0.151. The molecule has 1 unspecified atom stereocenters. The number of aliphatic hydroxyl groups is 1. The molecule has 2 rings (SSSR count). The van der Waals surface area contributed by atoms with Gasteiger partial charge < -0.3 is 15.2 Å². The van der Waals surface area contributed by atoms with Gasteiger partial charge in [0, 0.05) is 44.4 Å².